The van der Waals surface area contributed by atoms with E-state index < -0.39 is 0 Å². The number of pyridine rings is 1. The fourth-order valence-electron chi connectivity index (χ4n) is 0.703. The number of hydrogen-bond donors (Lipinski definition) is 0. The molecular formula is C7H9Br2NO. The quantitative estimate of drug-likeness (QED) is 0.778. The maximum atomic E-state index is 5.04. The Bertz CT molecular complexity index is 194. The number of nitrogens with zero attached hydrogens (tertiary/aromatic N) is 1. The molecule has 0 fully saturated rings. The van der Waals surface area contributed by atoms with E-state index in [0.29, 0.717) is 0 Å². The summed E-state index contributed by atoms with van der Waals surface area (Å²) in [6.07, 6.45) is 3.45. The van der Waals surface area contributed by atoms with Gasteiger partial charge in [0.1, 0.15) is 5.75 Å². The normalized spacial score (nSPS) is 8.55. The largest absolute Gasteiger partial charge is 0.495 e. The molecule has 2 nitrogen and oxygen atoms in total. The molecular weight excluding hydrogens is 274 g/mol. The molecule has 0 aromatic carbocycles. The Hall–Kier alpha value is -0.0900. The van der Waals surface area contributed by atoms with Crippen molar-refractivity contribution in [1.82, 2.24) is 4.98 Å². The molecule has 1 aromatic rings. The average molecular weight is 283 g/mol. The van der Waals surface area contributed by atoms with E-state index in [1.807, 2.05) is 6.07 Å². The first-order valence-electron chi connectivity index (χ1n) is 2.91. The van der Waals surface area contributed by atoms with Gasteiger partial charge in [0.15, 0.2) is 0 Å². The maximum absolute atomic E-state index is 5.04. The number of halogens is 2. The Morgan fingerprint density at radius 1 is 1.64 bits per heavy atom. The third-order valence-corrected chi connectivity index (χ3v) is 1.84. The second-order valence-corrected chi connectivity index (χ2v) is 2.38. The first-order valence-corrected chi connectivity index (χ1v) is 4.03. The Morgan fingerprint density at radius 3 is 2.82 bits per heavy atom. The lowest BCUT2D eigenvalue weighted by Crippen LogP contribution is -1.88. The van der Waals surface area contributed by atoms with Crippen molar-refractivity contribution in [1.29, 1.82) is 0 Å². The summed E-state index contributed by atoms with van der Waals surface area (Å²) in [4.78, 5) is 3.92. The highest BCUT2D eigenvalue weighted by Gasteiger charge is 1.97. The van der Waals surface area contributed by atoms with Crippen LogP contribution < -0.4 is 4.74 Å². The molecule has 62 valence electrons. The molecule has 0 radical (unpaired) electrons. The second-order valence-electron chi connectivity index (χ2n) is 1.82. The minimum Gasteiger partial charge on any atom is -0.495 e. The highest BCUT2D eigenvalue weighted by atomic mass is 79.9. The highest BCUT2D eigenvalue weighted by molar-refractivity contribution is 9.08. The zero-order chi connectivity index (χ0) is 7.40. The van der Waals surface area contributed by atoms with Crippen LogP contribution in [0.2, 0.25) is 0 Å². The first-order chi connectivity index (χ1) is 4.88. The van der Waals surface area contributed by atoms with Crippen molar-refractivity contribution >= 4 is 32.9 Å². The Kier molecular flexibility index (Phi) is 5.50. The minimum atomic E-state index is 0. The summed E-state index contributed by atoms with van der Waals surface area (Å²) in [6.45, 7) is 0. The zero-order valence-electron chi connectivity index (χ0n) is 6.08. The van der Waals surface area contributed by atoms with Crippen molar-refractivity contribution in [2.24, 2.45) is 0 Å². The molecule has 0 spiro atoms. The van der Waals surface area contributed by atoms with Crippen molar-refractivity contribution in [3.8, 4) is 5.75 Å². The molecule has 0 aliphatic carbocycles. The fraction of sp³-hybridized carbons (Fsp3) is 0.286. The molecule has 0 atom stereocenters. The molecule has 0 saturated carbocycles. The van der Waals surface area contributed by atoms with Crippen LogP contribution in [-0.2, 0) is 5.33 Å². The fourth-order valence-corrected chi connectivity index (χ4v) is 1.17. The van der Waals surface area contributed by atoms with Crippen LogP contribution >= 0.6 is 32.9 Å². The van der Waals surface area contributed by atoms with E-state index in [1.54, 1.807) is 19.5 Å². The number of hydrogen-bond acceptors (Lipinski definition) is 2. The summed E-state index contributed by atoms with van der Waals surface area (Å²) in [6, 6.07) is 1.92. The molecule has 0 unspecified atom stereocenters. The van der Waals surface area contributed by atoms with Crippen LogP contribution in [-0.4, -0.2) is 12.1 Å². The van der Waals surface area contributed by atoms with Crippen molar-refractivity contribution < 1.29 is 4.74 Å². The molecule has 4 heteroatoms. The molecule has 0 amide bonds. The lowest BCUT2D eigenvalue weighted by atomic mass is 10.3. The molecule has 1 heterocycles. The van der Waals surface area contributed by atoms with Gasteiger partial charge in [-0.2, -0.15) is 0 Å². The van der Waals surface area contributed by atoms with Gasteiger partial charge >= 0.3 is 0 Å². The van der Waals surface area contributed by atoms with E-state index in [2.05, 4.69) is 20.9 Å². The van der Waals surface area contributed by atoms with E-state index in [1.165, 1.54) is 0 Å². The van der Waals surface area contributed by atoms with E-state index in [4.69, 9.17) is 4.74 Å². The molecule has 1 rings (SSSR count). The van der Waals surface area contributed by atoms with Crippen LogP contribution in [0.3, 0.4) is 0 Å². The van der Waals surface area contributed by atoms with Crippen LogP contribution in [0.15, 0.2) is 18.5 Å². The van der Waals surface area contributed by atoms with Gasteiger partial charge in [-0.25, -0.2) is 0 Å². The van der Waals surface area contributed by atoms with Crippen molar-refractivity contribution in [2.45, 2.75) is 5.33 Å². The van der Waals surface area contributed by atoms with Crippen molar-refractivity contribution in [3.05, 3.63) is 24.0 Å². The van der Waals surface area contributed by atoms with Gasteiger partial charge in [-0.15, -0.1) is 17.0 Å². The number of alkyl halides is 1. The van der Waals surface area contributed by atoms with Crippen LogP contribution in [0, 0.1) is 0 Å². The molecule has 11 heavy (non-hydrogen) atoms. The summed E-state index contributed by atoms with van der Waals surface area (Å²) >= 11 is 3.34. The van der Waals surface area contributed by atoms with Crippen LogP contribution in [0.4, 0.5) is 0 Å². The van der Waals surface area contributed by atoms with Gasteiger partial charge in [0.25, 0.3) is 0 Å². The molecule has 0 aliphatic heterocycles. The van der Waals surface area contributed by atoms with Crippen LogP contribution in [0.25, 0.3) is 0 Å². The Morgan fingerprint density at radius 2 is 2.36 bits per heavy atom. The van der Waals surface area contributed by atoms with E-state index >= 15 is 0 Å². The SMILES string of the molecule is Br.COc1cnccc1CBr. The van der Waals surface area contributed by atoms with E-state index in [-0.39, 0.29) is 17.0 Å². The standard InChI is InChI=1S/C7H8BrNO.BrH/c1-10-7-5-9-3-2-6(7)4-8;/h2-3,5H,4H2,1H3;1H. The van der Waals surface area contributed by atoms with E-state index in [0.717, 1.165) is 16.6 Å². The Labute approximate surface area is 84.9 Å². The molecule has 1 aromatic heterocycles. The second kappa shape index (κ2) is 5.55. The smallest absolute Gasteiger partial charge is 0.141 e. The predicted octanol–water partition coefficient (Wildman–Crippen LogP) is 2.56. The number of methoxy groups -OCH3 is 1. The molecule has 0 aliphatic rings. The molecule has 0 saturated heterocycles. The number of rotatable bonds is 2. The summed E-state index contributed by atoms with van der Waals surface area (Å²) in [5, 5.41) is 0.804. The number of aromatic nitrogens is 1. The van der Waals surface area contributed by atoms with Gasteiger partial charge < -0.3 is 4.74 Å². The van der Waals surface area contributed by atoms with Gasteiger partial charge in [0, 0.05) is 17.1 Å². The minimum absolute atomic E-state index is 0. The predicted molar refractivity (Wildman–Crippen MR) is 53.7 cm³/mol. The highest BCUT2D eigenvalue weighted by Crippen LogP contribution is 2.17. The molecule has 0 bridgehead atoms. The first kappa shape index (κ1) is 10.9. The lowest BCUT2D eigenvalue weighted by molar-refractivity contribution is 0.409. The average Bonchev–Trinajstić information content (AvgIpc) is 2.04. The van der Waals surface area contributed by atoms with Crippen LogP contribution in [0.1, 0.15) is 5.56 Å². The van der Waals surface area contributed by atoms with Gasteiger partial charge in [-0.3, -0.25) is 4.98 Å². The topological polar surface area (TPSA) is 22.1 Å². The Balaban J connectivity index is 0.000001000. The third-order valence-electron chi connectivity index (χ3n) is 1.23. The number of ether oxygens (including phenoxy) is 1. The van der Waals surface area contributed by atoms with Gasteiger partial charge in [0.05, 0.1) is 13.3 Å². The summed E-state index contributed by atoms with van der Waals surface area (Å²) in [7, 11) is 1.64. The monoisotopic (exact) mass is 281 g/mol. The zero-order valence-corrected chi connectivity index (χ0v) is 9.38. The van der Waals surface area contributed by atoms with E-state index in [9.17, 15) is 0 Å². The summed E-state index contributed by atoms with van der Waals surface area (Å²) < 4.78 is 5.04. The maximum Gasteiger partial charge on any atom is 0.141 e. The summed E-state index contributed by atoms with van der Waals surface area (Å²) in [5.41, 5.74) is 1.12. The van der Waals surface area contributed by atoms with Crippen LogP contribution in [0.5, 0.6) is 5.75 Å². The van der Waals surface area contributed by atoms with Crippen molar-refractivity contribution in [3.63, 3.8) is 0 Å². The van der Waals surface area contributed by atoms with Crippen molar-refractivity contribution in [2.75, 3.05) is 7.11 Å². The molecule has 0 N–H and O–H groups in total. The lowest BCUT2D eigenvalue weighted by Gasteiger charge is -2.02. The van der Waals surface area contributed by atoms with Gasteiger partial charge in [-0.05, 0) is 6.07 Å². The van der Waals surface area contributed by atoms with Gasteiger partial charge in [0.2, 0.25) is 0 Å². The summed E-state index contributed by atoms with van der Waals surface area (Å²) in [5.74, 6) is 0.833. The third kappa shape index (κ3) is 2.79. The van der Waals surface area contributed by atoms with Gasteiger partial charge in [-0.1, -0.05) is 15.9 Å².